The van der Waals surface area contributed by atoms with E-state index in [0.29, 0.717) is 5.75 Å². The van der Waals surface area contributed by atoms with E-state index in [9.17, 15) is 4.57 Å². The zero-order valence-corrected chi connectivity index (χ0v) is 8.79. The summed E-state index contributed by atoms with van der Waals surface area (Å²) in [4.78, 5) is 0. The van der Waals surface area contributed by atoms with E-state index in [-0.39, 0.29) is 6.07 Å². The van der Waals surface area contributed by atoms with Crippen molar-refractivity contribution in [1.29, 1.82) is 0 Å². The summed E-state index contributed by atoms with van der Waals surface area (Å²) in [6.07, 6.45) is 0. The Kier molecular flexibility index (Phi) is 3.79. The highest BCUT2D eigenvalue weighted by Crippen LogP contribution is 2.44. The number of benzene rings is 1. The van der Waals surface area contributed by atoms with Crippen molar-refractivity contribution in [2.24, 2.45) is 0 Å². The molecule has 0 aliphatic rings. The van der Waals surface area contributed by atoms with E-state index in [4.69, 9.17) is 20.6 Å². The second-order valence-corrected chi connectivity index (χ2v) is 4.62. The van der Waals surface area contributed by atoms with Crippen LogP contribution in [0.2, 0.25) is 0 Å². The molecule has 0 saturated carbocycles. The Bertz CT molecular complexity index is 302. The maximum atomic E-state index is 11.5. The molecule has 0 saturated heterocycles. The van der Waals surface area contributed by atoms with Crippen molar-refractivity contribution in [2.45, 2.75) is 0 Å². The Morgan fingerprint density at radius 1 is 1.38 bits per heavy atom. The summed E-state index contributed by atoms with van der Waals surface area (Å²) in [6.45, 7) is 1.38. The maximum absolute atomic E-state index is 11.5. The van der Waals surface area contributed by atoms with Gasteiger partial charge >= 0.3 is 7.60 Å². The molecule has 0 heterocycles. The number of halogens is 1. The van der Waals surface area contributed by atoms with Crippen molar-refractivity contribution in [3.63, 3.8) is 0 Å². The van der Waals surface area contributed by atoms with Crippen LogP contribution in [0.1, 0.15) is 0 Å². The molecule has 1 rings (SSSR count). The summed E-state index contributed by atoms with van der Waals surface area (Å²) in [5.74, 6) is 0.512. The topological polar surface area (TPSA) is 35.5 Å². The van der Waals surface area contributed by atoms with Crippen molar-refractivity contribution < 1.29 is 13.6 Å². The lowest BCUT2D eigenvalue weighted by atomic mass is 10.3. The molecule has 0 radical (unpaired) electrons. The van der Waals surface area contributed by atoms with Crippen LogP contribution in [0, 0.1) is 0 Å². The molecule has 0 N–H and O–H groups in total. The summed E-state index contributed by atoms with van der Waals surface area (Å²) < 4.78 is 21.3. The number of para-hydroxylation sites is 1. The number of hydrogen-bond donors (Lipinski definition) is 0. The zero-order chi connectivity index (χ0) is 9.73. The van der Waals surface area contributed by atoms with Crippen LogP contribution in [0.15, 0.2) is 30.3 Å². The minimum Gasteiger partial charge on any atom is -0.425 e. The first-order valence-corrected chi connectivity index (χ1v) is 6.19. The van der Waals surface area contributed by atoms with E-state index < -0.39 is 7.60 Å². The highest BCUT2D eigenvalue weighted by Gasteiger charge is 2.17. The Morgan fingerprint density at radius 3 is 2.54 bits per heavy atom. The van der Waals surface area contributed by atoms with Gasteiger partial charge in [-0.2, -0.15) is 0 Å². The third kappa shape index (κ3) is 3.81. The molecule has 3 nitrogen and oxygen atoms in total. The zero-order valence-electron chi connectivity index (χ0n) is 7.14. The van der Waals surface area contributed by atoms with Crippen LogP contribution < -0.4 is 4.52 Å². The minimum atomic E-state index is -3.05. The molecule has 13 heavy (non-hydrogen) atoms. The third-order valence-corrected chi connectivity index (χ3v) is 2.70. The molecule has 0 amide bonds. The highest BCUT2D eigenvalue weighted by atomic mass is 35.5. The van der Waals surface area contributed by atoms with Crippen LogP contribution in [0.25, 0.3) is 0 Å². The molecule has 72 valence electrons. The normalized spacial score (nSPS) is 14.9. The Hall–Kier alpha value is -0.500. The number of alkyl halides is 1. The molecule has 5 heteroatoms. The van der Waals surface area contributed by atoms with E-state index in [0.717, 1.165) is 0 Å². The van der Waals surface area contributed by atoms with Crippen LogP contribution in [0.4, 0.5) is 0 Å². The largest absolute Gasteiger partial charge is 0.425 e. The van der Waals surface area contributed by atoms with Crippen LogP contribution >= 0.6 is 19.2 Å². The average Bonchev–Trinajstić information content (AvgIpc) is 2.04. The summed E-state index contributed by atoms with van der Waals surface area (Å²) in [7, 11) is -3.05. The lowest BCUT2D eigenvalue weighted by molar-refractivity contribution is 0.313. The van der Waals surface area contributed by atoms with E-state index in [1.807, 2.05) is 6.07 Å². The molecular weight excluding hydrogens is 211 g/mol. The summed E-state index contributed by atoms with van der Waals surface area (Å²) >= 11 is 5.28. The molecule has 1 aromatic carbocycles. The van der Waals surface area contributed by atoms with Gasteiger partial charge in [-0.1, -0.05) is 29.8 Å². The van der Waals surface area contributed by atoms with E-state index in [1.165, 1.54) is 6.66 Å². The first kappa shape index (κ1) is 10.6. The van der Waals surface area contributed by atoms with Crippen molar-refractivity contribution >= 4 is 19.2 Å². The monoisotopic (exact) mass is 220 g/mol. The standard InChI is InChI=1S/C8H10ClO3P/c1-13(10,11-7-9)12-8-5-3-2-4-6-8/h2-6H,7H2,1H3. The molecule has 0 fully saturated rings. The van der Waals surface area contributed by atoms with Gasteiger partial charge in [-0.3, -0.25) is 4.52 Å². The van der Waals surface area contributed by atoms with E-state index in [2.05, 4.69) is 0 Å². The molecule has 1 aromatic rings. The van der Waals surface area contributed by atoms with E-state index >= 15 is 0 Å². The average molecular weight is 221 g/mol. The summed E-state index contributed by atoms with van der Waals surface area (Å²) in [5, 5.41) is 0. The van der Waals surface area contributed by atoms with Gasteiger partial charge in [0.15, 0.2) is 0 Å². The smallest absolute Gasteiger partial charge is 0.377 e. The van der Waals surface area contributed by atoms with Crippen molar-refractivity contribution in [2.75, 3.05) is 12.7 Å². The van der Waals surface area contributed by atoms with E-state index in [1.54, 1.807) is 24.3 Å². The SMILES string of the molecule is CP(=O)(OCCl)Oc1ccccc1. The number of hydrogen-bond acceptors (Lipinski definition) is 3. The predicted octanol–water partition coefficient (Wildman–Crippen LogP) is 3.10. The maximum Gasteiger partial charge on any atom is 0.377 e. The van der Waals surface area contributed by atoms with Crippen molar-refractivity contribution in [3.05, 3.63) is 30.3 Å². The van der Waals surface area contributed by atoms with Gasteiger partial charge in [0.1, 0.15) is 11.8 Å². The lowest BCUT2D eigenvalue weighted by Crippen LogP contribution is -1.94. The quantitative estimate of drug-likeness (QED) is 0.578. The van der Waals surface area contributed by atoms with Crippen molar-refractivity contribution in [1.82, 2.24) is 0 Å². The highest BCUT2D eigenvalue weighted by molar-refractivity contribution is 7.53. The fourth-order valence-corrected chi connectivity index (χ4v) is 2.05. The molecule has 0 spiro atoms. The van der Waals surface area contributed by atoms with Crippen LogP contribution in [0.3, 0.4) is 0 Å². The molecule has 0 aliphatic heterocycles. The second-order valence-electron chi connectivity index (χ2n) is 2.41. The first-order chi connectivity index (χ1) is 6.14. The van der Waals surface area contributed by atoms with Gasteiger partial charge in [0.25, 0.3) is 0 Å². The molecule has 0 aliphatic carbocycles. The first-order valence-electron chi connectivity index (χ1n) is 3.67. The van der Waals surface area contributed by atoms with Gasteiger partial charge in [0.05, 0.1) is 0 Å². The van der Waals surface area contributed by atoms with Gasteiger partial charge in [0.2, 0.25) is 0 Å². The van der Waals surface area contributed by atoms with Gasteiger partial charge in [0, 0.05) is 6.66 Å². The van der Waals surface area contributed by atoms with Crippen molar-refractivity contribution in [3.8, 4) is 5.75 Å². The van der Waals surface area contributed by atoms with Crippen LogP contribution in [-0.2, 0) is 9.09 Å². The number of rotatable bonds is 4. The second kappa shape index (κ2) is 4.66. The van der Waals surface area contributed by atoms with Gasteiger partial charge in [-0.05, 0) is 12.1 Å². The molecule has 0 aromatic heterocycles. The van der Waals surface area contributed by atoms with Gasteiger partial charge in [-0.15, -0.1) is 0 Å². The predicted molar refractivity (Wildman–Crippen MR) is 52.4 cm³/mol. The molecule has 1 atom stereocenters. The lowest BCUT2D eigenvalue weighted by Gasteiger charge is -2.12. The fraction of sp³-hybridized carbons (Fsp3) is 0.250. The Labute approximate surface area is 82.2 Å². The Morgan fingerprint density at radius 2 is 2.00 bits per heavy atom. The van der Waals surface area contributed by atoms with Crippen LogP contribution in [0.5, 0.6) is 5.75 Å². The fourth-order valence-electron chi connectivity index (χ4n) is 0.788. The van der Waals surface area contributed by atoms with Gasteiger partial charge in [-0.25, -0.2) is 4.57 Å². The third-order valence-electron chi connectivity index (χ3n) is 1.30. The minimum absolute atomic E-state index is 0.138. The summed E-state index contributed by atoms with van der Waals surface area (Å²) in [5.41, 5.74) is 0. The van der Waals surface area contributed by atoms with Gasteiger partial charge < -0.3 is 4.52 Å². The van der Waals surface area contributed by atoms with Crippen LogP contribution in [-0.4, -0.2) is 12.7 Å². The molecular formula is C8H10ClO3P. The molecule has 1 unspecified atom stereocenters. The summed E-state index contributed by atoms with van der Waals surface area (Å²) in [6, 6.07) is 8.68. The Balaban J connectivity index is 2.64. The molecule has 0 bridgehead atoms.